The molecule has 0 radical (unpaired) electrons. The quantitative estimate of drug-likeness (QED) is 0.0679. The van der Waals surface area contributed by atoms with Gasteiger partial charge in [0.25, 0.3) is 0 Å². The molecule has 4 heterocycles. The molecule has 0 aliphatic carbocycles. The number of rotatable bonds is 14. The van der Waals surface area contributed by atoms with Crippen LogP contribution < -0.4 is 10.6 Å². The molecule has 3 aromatic rings. The van der Waals surface area contributed by atoms with E-state index in [1.54, 1.807) is 64.6 Å². The van der Waals surface area contributed by atoms with Crippen LogP contribution in [0.5, 0.6) is 0 Å². The minimum atomic E-state index is -4.63. The highest BCUT2D eigenvalue weighted by atomic mass is 32.2. The zero-order valence-corrected chi connectivity index (χ0v) is 32.4. The van der Waals surface area contributed by atoms with Crippen LogP contribution in [0.3, 0.4) is 0 Å². The monoisotopic (exact) mass is 783 g/mol. The number of imidazole rings is 1. The number of ether oxygens (including phenoxy) is 4. The molecule has 0 aromatic carbocycles. The summed E-state index contributed by atoms with van der Waals surface area (Å²) in [5.74, 6) is 4.64. The van der Waals surface area contributed by atoms with Crippen LogP contribution in [0.25, 0.3) is 5.65 Å². The zero-order valence-electron chi connectivity index (χ0n) is 31.6. The maximum atomic E-state index is 15.6. The van der Waals surface area contributed by atoms with E-state index in [1.807, 2.05) is 11.9 Å². The number of carbonyl (C=O) groups excluding carboxylic acids is 2. The van der Waals surface area contributed by atoms with E-state index in [1.165, 1.54) is 16.8 Å². The number of alkyl halides is 4. The Morgan fingerprint density at radius 1 is 1.02 bits per heavy atom. The number of thioether (sulfide) groups is 1. The molecule has 1 aliphatic rings. The normalized spacial score (nSPS) is 18.2. The minimum absolute atomic E-state index is 0.139. The molecule has 0 saturated carbocycles. The second kappa shape index (κ2) is 18.5. The third kappa shape index (κ3) is 13.7. The first-order chi connectivity index (χ1) is 25.3. The Labute approximate surface area is 316 Å². The number of fused-ring (bicyclic) bond motifs is 1. The van der Waals surface area contributed by atoms with Crippen molar-refractivity contribution in [2.75, 3.05) is 58.4 Å². The van der Waals surface area contributed by atoms with Crippen molar-refractivity contribution in [3.63, 3.8) is 0 Å². The van der Waals surface area contributed by atoms with Gasteiger partial charge in [-0.05, 0) is 79.0 Å². The van der Waals surface area contributed by atoms with Crippen LogP contribution in [0.1, 0.15) is 64.0 Å². The fourth-order valence-corrected chi connectivity index (χ4v) is 6.26. The first-order valence-corrected chi connectivity index (χ1v) is 18.3. The van der Waals surface area contributed by atoms with Gasteiger partial charge in [0.15, 0.2) is 5.65 Å². The van der Waals surface area contributed by atoms with Crippen LogP contribution in [-0.2, 0) is 25.5 Å². The molecule has 298 valence electrons. The minimum Gasteiger partial charge on any atom is -0.456 e. The molecule has 1 saturated heterocycles. The summed E-state index contributed by atoms with van der Waals surface area (Å²) < 4.78 is 81.5. The number of aromatic nitrogens is 4. The molecule has 1 aliphatic heterocycles. The highest BCUT2D eigenvalue weighted by molar-refractivity contribution is 8.00. The molecule has 3 aromatic heterocycles. The van der Waals surface area contributed by atoms with Crippen LogP contribution in [-0.4, -0.2) is 118 Å². The van der Waals surface area contributed by atoms with Crippen molar-refractivity contribution in [2.45, 2.75) is 88.5 Å². The highest BCUT2D eigenvalue weighted by Crippen LogP contribution is 2.40. The summed E-state index contributed by atoms with van der Waals surface area (Å²) in [6.45, 7) is 12.8. The number of esters is 1. The van der Waals surface area contributed by atoms with Gasteiger partial charge in [0.2, 0.25) is 0 Å². The molecule has 18 heteroatoms. The first kappa shape index (κ1) is 42.7. The Balaban J connectivity index is 1.34. The van der Waals surface area contributed by atoms with Gasteiger partial charge in [0, 0.05) is 43.9 Å². The topological polar surface area (TPSA) is 133 Å². The molecule has 4 rings (SSSR count). The van der Waals surface area contributed by atoms with Crippen LogP contribution in [0.2, 0.25) is 0 Å². The van der Waals surface area contributed by atoms with Crippen molar-refractivity contribution in [3.05, 3.63) is 42.0 Å². The second-order valence-electron chi connectivity index (χ2n) is 14.8. The summed E-state index contributed by atoms with van der Waals surface area (Å²) in [6, 6.07) is 2.53. The number of hydrogen-bond acceptors (Lipinski definition) is 11. The van der Waals surface area contributed by atoms with E-state index >= 15 is 4.39 Å². The molecular weight excluding hydrogens is 734 g/mol. The number of nitrogens with one attached hydrogen (secondary N) is 2. The summed E-state index contributed by atoms with van der Waals surface area (Å²) in [5, 5.41) is 9.60. The molecule has 3 atom stereocenters. The van der Waals surface area contributed by atoms with Crippen LogP contribution in [0.15, 0.2) is 35.7 Å². The number of alkyl carbamates (subject to hydrolysis) is 1. The lowest BCUT2D eigenvalue weighted by Crippen LogP contribution is -2.53. The van der Waals surface area contributed by atoms with Gasteiger partial charge in [-0.3, -0.25) is 9.08 Å². The third-order valence-electron chi connectivity index (χ3n) is 7.73. The second-order valence-corrected chi connectivity index (χ2v) is 15.8. The number of carbonyl (C=O) groups is 2. The van der Waals surface area contributed by atoms with Crippen molar-refractivity contribution in [3.8, 4) is 11.8 Å². The van der Waals surface area contributed by atoms with Crippen molar-refractivity contribution in [1.29, 1.82) is 0 Å². The van der Waals surface area contributed by atoms with E-state index in [9.17, 15) is 22.8 Å². The lowest BCUT2D eigenvalue weighted by molar-refractivity contribution is -0.0330. The van der Waals surface area contributed by atoms with Crippen molar-refractivity contribution in [1.82, 2.24) is 29.4 Å². The predicted octanol–water partition coefficient (Wildman–Crippen LogP) is 5.78. The first-order valence-electron chi connectivity index (χ1n) is 17.5. The molecule has 1 amide bonds. The molecule has 0 bridgehead atoms. The lowest BCUT2D eigenvalue weighted by atomic mass is 9.88. The Bertz CT molecular complexity index is 1780. The Morgan fingerprint density at radius 3 is 2.41 bits per heavy atom. The van der Waals surface area contributed by atoms with Crippen molar-refractivity contribution < 1.29 is 46.1 Å². The maximum absolute atomic E-state index is 15.6. The average molecular weight is 784 g/mol. The molecule has 54 heavy (non-hydrogen) atoms. The largest absolute Gasteiger partial charge is 0.456 e. The van der Waals surface area contributed by atoms with E-state index in [-0.39, 0.29) is 47.1 Å². The molecule has 3 unspecified atom stereocenters. The highest BCUT2D eigenvalue weighted by Gasteiger charge is 2.37. The number of hydrogen-bond donors (Lipinski definition) is 2. The van der Waals surface area contributed by atoms with Gasteiger partial charge < -0.3 is 34.5 Å². The smallest absolute Gasteiger partial charge is 0.447 e. The molecule has 2 N–H and O–H groups in total. The summed E-state index contributed by atoms with van der Waals surface area (Å²) in [7, 11) is 1.83. The van der Waals surface area contributed by atoms with E-state index in [2.05, 4.69) is 32.6 Å². The number of anilines is 1. The molecule has 1 fully saturated rings. The van der Waals surface area contributed by atoms with Crippen molar-refractivity contribution >= 4 is 35.2 Å². The predicted molar refractivity (Wildman–Crippen MR) is 195 cm³/mol. The SMILES string of the molecule is CN1CC(F)C(Nc2cccn3c(SC(F)(F)F)c(C#CCNC(=O)OC(C)(C)C)nc23)C(CCOCCOCCn2cc(C(=O)OC(C)(C)C)cn2)C1. The molecule has 13 nitrogen and oxygen atoms in total. The van der Waals surface area contributed by atoms with E-state index in [0.717, 1.165) is 0 Å². The van der Waals surface area contributed by atoms with Crippen LogP contribution in [0.4, 0.5) is 28.0 Å². The molecular formula is C36H49F4N7O6S. The standard InChI is InChI=1S/C36H49F4N7O6S/c1-34(2,3)52-32(48)25-20-42-46(22-25)15-17-51-19-18-50-16-12-24-21-45(7)23-26(37)29(24)43-27-11-9-14-47-30(27)44-28(31(47)54-36(38,39)40)10-8-13-41-33(49)53-35(4,5)6/h9,11,14,20,22,24,26,29,43H,12-13,15-19,21,23H2,1-7H3,(H,41,49). The van der Waals surface area contributed by atoms with Gasteiger partial charge in [-0.15, -0.1) is 0 Å². The lowest BCUT2D eigenvalue weighted by Gasteiger charge is -2.40. The summed E-state index contributed by atoms with van der Waals surface area (Å²) in [6.07, 6.45) is 3.01. The van der Waals surface area contributed by atoms with E-state index in [4.69, 9.17) is 18.9 Å². The van der Waals surface area contributed by atoms with Crippen molar-refractivity contribution in [2.24, 2.45) is 5.92 Å². The molecule has 0 spiro atoms. The third-order valence-corrected chi connectivity index (χ3v) is 8.55. The number of pyridine rings is 1. The van der Waals surface area contributed by atoms with Gasteiger partial charge in [0.05, 0.1) is 56.4 Å². The number of nitrogens with zero attached hydrogens (tertiary/aromatic N) is 5. The van der Waals surface area contributed by atoms with Gasteiger partial charge in [-0.2, -0.15) is 18.3 Å². The van der Waals surface area contributed by atoms with Gasteiger partial charge in [-0.25, -0.2) is 19.0 Å². The number of amides is 1. The fraction of sp³-hybridized carbons (Fsp3) is 0.611. The Morgan fingerprint density at radius 2 is 1.72 bits per heavy atom. The van der Waals surface area contributed by atoms with E-state index < -0.39 is 41.0 Å². The Kier molecular flexibility index (Phi) is 14.6. The van der Waals surface area contributed by atoms with Crippen LogP contribution in [0, 0.1) is 17.8 Å². The van der Waals surface area contributed by atoms with Crippen LogP contribution >= 0.6 is 11.8 Å². The fourth-order valence-electron chi connectivity index (χ4n) is 5.60. The summed E-state index contributed by atoms with van der Waals surface area (Å²) in [4.78, 5) is 30.5. The van der Waals surface area contributed by atoms with E-state index in [0.29, 0.717) is 57.2 Å². The maximum Gasteiger partial charge on any atom is 0.447 e. The number of piperidine rings is 1. The Hall–Kier alpha value is -4.05. The number of likely N-dealkylation sites (tertiary alicyclic amines) is 1. The number of halogens is 4. The van der Waals surface area contributed by atoms with Gasteiger partial charge in [0.1, 0.15) is 28.1 Å². The average Bonchev–Trinajstić information content (AvgIpc) is 3.65. The van der Waals surface area contributed by atoms with Gasteiger partial charge >= 0.3 is 17.6 Å². The summed E-state index contributed by atoms with van der Waals surface area (Å²) in [5.41, 5.74) is -5.23. The summed E-state index contributed by atoms with van der Waals surface area (Å²) >= 11 is -0.356. The van der Waals surface area contributed by atoms with Gasteiger partial charge in [-0.1, -0.05) is 5.92 Å². The zero-order chi connectivity index (χ0) is 39.7.